The van der Waals surface area contributed by atoms with Gasteiger partial charge in [0.05, 0.1) is 17.5 Å². The van der Waals surface area contributed by atoms with Crippen molar-refractivity contribution in [2.75, 3.05) is 45.9 Å². The normalized spacial score (nSPS) is 22.5. The van der Waals surface area contributed by atoms with E-state index in [0.717, 1.165) is 25.7 Å². The fourth-order valence-corrected chi connectivity index (χ4v) is 4.93. The number of hydrogen-bond acceptors (Lipinski definition) is 6. The number of ether oxygens (including phenoxy) is 1. The van der Waals surface area contributed by atoms with Gasteiger partial charge in [0.15, 0.2) is 0 Å². The minimum absolute atomic E-state index is 0.0483. The van der Waals surface area contributed by atoms with Gasteiger partial charge >= 0.3 is 0 Å². The fourth-order valence-electron chi connectivity index (χ4n) is 3.86. The summed E-state index contributed by atoms with van der Waals surface area (Å²) in [4.78, 5) is 28.7. The Morgan fingerprint density at radius 2 is 1.74 bits per heavy atom. The summed E-state index contributed by atoms with van der Waals surface area (Å²) in [5.41, 5.74) is 0.456. The maximum atomic E-state index is 12.8. The molecule has 2 aliphatic heterocycles. The largest absolute Gasteiger partial charge is 0.377 e. The van der Waals surface area contributed by atoms with Gasteiger partial charge in [-0.25, -0.2) is 13.1 Å². The van der Waals surface area contributed by atoms with E-state index in [9.17, 15) is 18.0 Å². The molecule has 1 atom stereocenters. The highest BCUT2D eigenvalue weighted by atomic mass is 32.2. The zero-order chi connectivity index (χ0) is 21.8. The number of carbonyl (C=O) groups is 2. The molecule has 2 amide bonds. The highest BCUT2D eigenvalue weighted by molar-refractivity contribution is 7.89. The topological polar surface area (TPSA) is 108 Å². The first kappa shape index (κ1) is 22.2. The Labute approximate surface area is 183 Å². The predicted octanol–water partition coefficient (Wildman–Crippen LogP) is 0.180. The van der Waals surface area contributed by atoms with Crippen LogP contribution >= 0.6 is 0 Å². The number of sulfonamides is 1. The van der Waals surface area contributed by atoms with E-state index < -0.39 is 10.0 Å². The maximum Gasteiger partial charge on any atom is 0.253 e. The van der Waals surface area contributed by atoms with Crippen LogP contribution in [-0.4, -0.2) is 88.1 Å². The fraction of sp³-hybridized carbons (Fsp3) is 0.619. The van der Waals surface area contributed by atoms with Crippen molar-refractivity contribution in [3.63, 3.8) is 0 Å². The Hall–Kier alpha value is -2.01. The zero-order valence-electron chi connectivity index (χ0n) is 17.6. The quantitative estimate of drug-likeness (QED) is 0.585. The molecule has 2 saturated heterocycles. The third-order valence-electron chi connectivity index (χ3n) is 5.91. The van der Waals surface area contributed by atoms with Gasteiger partial charge in [0, 0.05) is 50.9 Å². The van der Waals surface area contributed by atoms with E-state index in [0.29, 0.717) is 50.9 Å². The molecule has 0 spiro atoms. The highest BCUT2D eigenvalue weighted by Crippen LogP contribution is 2.19. The van der Waals surface area contributed by atoms with E-state index >= 15 is 0 Å². The van der Waals surface area contributed by atoms with Crippen molar-refractivity contribution >= 4 is 21.8 Å². The van der Waals surface area contributed by atoms with Gasteiger partial charge in [0.2, 0.25) is 15.9 Å². The summed E-state index contributed by atoms with van der Waals surface area (Å²) in [6, 6.07) is 6.39. The van der Waals surface area contributed by atoms with Crippen LogP contribution in [0.2, 0.25) is 0 Å². The van der Waals surface area contributed by atoms with Gasteiger partial charge in [0.25, 0.3) is 5.91 Å². The van der Waals surface area contributed by atoms with Crippen LogP contribution in [0, 0.1) is 0 Å². The lowest BCUT2D eigenvalue weighted by Crippen LogP contribution is -2.51. The Bertz CT molecular complexity index is 887. The Morgan fingerprint density at radius 1 is 1.03 bits per heavy atom. The lowest BCUT2D eigenvalue weighted by atomic mass is 10.2. The third-order valence-corrected chi connectivity index (χ3v) is 7.35. The van der Waals surface area contributed by atoms with Gasteiger partial charge in [-0.15, -0.1) is 0 Å². The number of hydrogen-bond donors (Lipinski definition) is 2. The van der Waals surface area contributed by atoms with Crippen molar-refractivity contribution in [1.29, 1.82) is 0 Å². The van der Waals surface area contributed by atoms with Crippen molar-refractivity contribution < 1.29 is 22.7 Å². The lowest BCUT2D eigenvalue weighted by Gasteiger charge is -2.34. The van der Waals surface area contributed by atoms with Gasteiger partial charge in [0.1, 0.15) is 0 Å². The predicted molar refractivity (Wildman–Crippen MR) is 114 cm³/mol. The number of carbonyl (C=O) groups excluding carboxylic acids is 2. The van der Waals surface area contributed by atoms with E-state index in [-0.39, 0.29) is 29.4 Å². The SMILES string of the molecule is O=C(CN1CCN(C(=O)c2ccc(S(=O)(=O)NCC3CCCO3)cc2)CC1)NC1CC1. The van der Waals surface area contributed by atoms with Gasteiger partial charge < -0.3 is 15.0 Å². The molecule has 31 heavy (non-hydrogen) atoms. The first-order valence-electron chi connectivity index (χ1n) is 10.9. The van der Waals surface area contributed by atoms with E-state index in [1.807, 2.05) is 0 Å². The van der Waals surface area contributed by atoms with Gasteiger partial charge in [-0.3, -0.25) is 14.5 Å². The summed E-state index contributed by atoms with van der Waals surface area (Å²) >= 11 is 0. The smallest absolute Gasteiger partial charge is 0.253 e. The summed E-state index contributed by atoms with van der Waals surface area (Å²) < 4.78 is 33.0. The molecule has 0 aromatic heterocycles. The van der Waals surface area contributed by atoms with Crippen LogP contribution in [0.5, 0.6) is 0 Å². The van der Waals surface area contributed by atoms with Crippen molar-refractivity contribution in [2.24, 2.45) is 0 Å². The van der Waals surface area contributed by atoms with Crippen molar-refractivity contribution in [3.8, 4) is 0 Å². The van der Waals surface area contributed by atoms with Crippen LogP contribution < -0.4 is 10.0 Å². The molecule has 0 radical (unpaired) electrons. The highest BCUT2D eigenvalue weighted by Gasteiger charge is 2.27. The van der Waals surface area contributed by atoms with Crippen molar-refractivity contribution in [2.45, 2.75) is 42.7 Å². The van der Waals surface area contributed by atoms with E-state index in [1.54, 1.807) is 17.0 Å². The summed E-state index contributed by atoms with van der Waals surface area (Å²) in [7, 11) is -3.64. The maximum absolute atomic E-state index is 12.8. The monoisotopic (exact) mass is 450 g/mol. The molecule has 1 saturated carbocycles. The van der Waals surface area contributed by atoms with Crippen molar-refractivity contribution in [3.05, 3.63) is 29.8 Å². The second-order valence-corrected chi connectivity index (χ2v) is 10.2. The Morgan fingerprint density at radius 3 is 2.35 bits per heavy atom. The Kier molecular flexibility index (Phi) is 6.90. The number of nitrogens with zero attached hydrogens (tertiary/aromatic N) is 2. The molecular weight excluding hydrogens is 420 g/mol. The standard InChI is InChI=1S/C21H30N4O5S/c26-20(23-17-5-6-17)15-24-9-11-25(12-10-24)21(27)16-3-7-19(8-4-16)31(28,29)22-14-18-2-1-13-30-18/h3-4,7-8,17-18,22H,1-2,5-6,9-15H2,(H,23,26). The van der Waals surface area contributed by atoms with E-state index in [4.69, 9.17) is 4.74 Å². The van der Waals surface area contributed by atoms with Crippen molar-refractivity contribution in [1.82, 2.24) is 19.8 Å². The number of nitrogens with one attached hydrogen (secondary N) is 2. The first-order valence-corrected chi connectivity index (χ1v) is 12.4. The molecule has 1 aromatic carbocycles. The minimum atomic E-state index is -3.64. The second-order valence-electron chi connectivity index (χ2n) is 8.42. The summed E-state index contributed by atoms with van der Waals surface area (Å²) in [6.45, 7) is 3.66. The molecule has 2 N–H and O–H groups in total. The minimum Gasteiger partial charge on any atom is -0.377 e. The van der Waals surface area contributed by atoms with Crippen LogP contribution in [0.15, 0.2) is 29.2 Å². The molecule has 4 rings (SSSR count). The molecule has 3 fully saturated rings. The Balaban J connectivity index is 1.26. The third kappa shape index (κ3) is 6.03. The molecule has 9 nitrogen and oxygen atoms in total. The summed E-state index contributed by atoms with van der Waals surface area (Å²) in [6.07, 6.45) is 3.87. The molecule has 2 heterocycles. The lowest BCUT2D eigenvalue weighted by molar-refractivity contribution is -0.122. The number of amides is 2. The average Bonchev–Trinajstić information content (AvgIpc) is 3.42. The molecular formula is C21H30N4O5S. The number of piperazine rings is 1. The molecule has 10 heteroatoms. The second kappa shape index (κ2) is 9.64. The van der Waals surface area contributed by atoms with Gasteiger partial charge in [-0.1, -0.05) is 0 Å². The van der Waals surface area contributed by atoms with Crippen LogP contribution in [0.3, 0.4) is 0 Å². The summed E-state index contributed by atoms with van der Waals surface area (Å²) in [5, 5.41) is 2.98. The number of rotatable bonds is 8. The molecule has 1 aliphatic carbocycles. The molecule has 1 unspecified atom stereocenters. The average molecular weight is 451 g/mol. The van der Waals surface area contributed by atoms with E-state index in [2.05, 4.69) is 14.9 Å². The van der Waals surface area contributed by atoms with E-state index in [1.165, 1.54) is 12.1 Å². The molecule has 170 valence electrons. The molecule has 3 aliphatic rings. The van der Waals surface area contributed by atoms with Crippen LogP contribution in [0.25, 0.3) is 0 Å². The molecule has 0 bridgehead atoms. The van der Waals surface area contributed by atoms with Gasteiger partial charge in [-0.2, -0.15) is 0 Å². The van der Waals surface area contributed by atoms with Gasteiger partial charge in [-0.05, 0) is 49.9 Å². The molecule has 1 aromatic rings. The zero-order valence-corrected chi connectivity index (χ0v) is 18.4. The van der Waals surface area contributed by atoms with Crippen LogP contribution in [-0.2, 0) is 19.6 Å². The number of benzene rings is 1. The first-order chi connectivity index (χ1) is 14.9. The van der Waals surface area contributed by atoms with Crippen LogP contribution in [0.4, 0.5) is 0 Å². The summed E-state index contributed by atoms with van der Waals surface area (Å²) in [5.74, 6) is -0.0782. The van der Waals surface area contributed by atoms with Crippen LogP contribution in [0.1, 0.15) is 36.0 Å².